The fourth-order valence-electron chi connectivity index (χ4n) is 12.1. The summed E-state index contributed by atoms with van der Waals surface area (Å²) in [6.45, 7) is 13.0. The number of hydrogen-bond acceptors (Lipinski definition) is 4. The van der Waals surface area contributed by atoms with Gasteiger partial charge in [0, 0.05) is 0 Å². The summed E-state index contributed by atoms with van der Waals surface area (Å²) in [5.41, 5.74) is 29.5. The van der Waals surface area contributed by atoms with Crippen LogP contribution in [0.3, 0.4) is 0 Å². The van der Waals surface area contributed by atoms with E-state index in [1.165, 1.54) is 22.3 Å². The Morgan fingerprint density at radius 2 is 0.465 bits per heavy atom. The summed E-state index contributed by atoms with van der Waals surface area (Å²) in [5.74, 6) is 0. The van der Waals surface area contributed by atoms with Crippen molar-refractivity contribution in [1.29, 1.82) is 0 Å². The molecule has 0 radical (unpaired) electrons. The van der Waals surface area contributed by atoms with E-state index >= 15 is 0 Å². The largest absolute Gasteiger partial charge is 2.00 e. The second-order valence-electron chi connectivity index (χ2n) is 22.6. The molecule has 10 heteroatoms. The number of aromatic nitrogens is 8. The molecule has 10 aromatic rings. The molecular weight excluding hydrogens is 1160 g/mol. The molecule has 0 saturated carbocycles. The van der Waals surface area contributed by atoms with Gasteiger partial charge in [-0.05, 0) is 169 Å². The molecule has 0 fully saturated rings. The molecule has 0 saturated heterocycles. The van der Waals surface area contributed by atoms with Crippen LogP contribution in [0, 0.1) is 27.7 Å². The van der Waals surface area contributed by atoms with Crippen LogP contribution in [-0.4, -0.2) is 19.9 Å². The quantitative estimate of drug-likeness (QED) is 0.118. The molecule has 8 nitrogen and oxygen atoms in total. The molecule has 0 unspecified atom stereocenters. The molecule has 4 aromatic carbocycles. The van der Waals surface area contributed by atoms with Crippen molar-refractivity contribution in [1.82, 2.24) is 39.9 Å². The van der Waals surface area contributed by atoms with Gasteiger partial charge in [-0.2, -0.15) is 0 Å². The van der Waals surface area contributed by atoms with Gasteiger partial charge in [0.05, 0.1) is 45.6 Å². The number of hydrogen-bond donors (Lipinski definition) is 0. The first-order chi connectivity index (χ1) is 41.1. The second kappa shape index (κ2) is 24.4. The van der Waals surface area contributed by atoms with Crippen molar-refractivity contribution < 1.29 is 39.0 Å². The monoisotopic (exact) mass is 1210 g/mol. The number of aryl methyl sites for hydroxylation is 6. The van der Waals surface area contributed by atoms with Crippen molar-refractivity contribution in [2.24, 2.45) is 0 Å². The molecule has 0 N–H and O–H groups in total. The van der Waals surface area contributed by atoms with Crippen LogP contribution in [0.2, 0.25) is 0 Å². The third kappa shape index (κ3) is 10.9. The van der Waals surface area contributed by atoms with Gasteiger partial charge >= 0.3 is 39.0 Å². The molecule has 0 atom stereocenters. The van der Waals surface area contributed by atoms with Gasteiger partial charge < -0.3 is 19.9 Å². The third-order valence-electron chi connectivity index (χ3n) is 16.6. The van der Waals surface area contributed by atoms with Gasteiger partial charge in [0.1, 0.15) is 0 Å². The van der Waals surface area contributed by atoms with Crippen molar-refractivity contribution in [3.05, 3.63) is 225 Å². The predicted octanol–water partition coefficient (Wildman–Crippen LogP) is 18.4. The van der Waals surface area contributed by atoms with Crippen molar-refractivity contribution in [3.63, 3.8) is 0 Å². The number of benzene rings is 4. The molecule has 86 heavy (non-hydrogen) atoms. The van der Waals surface area contributed by atoms with E-state index in [2.05, 4.69) is 236 Å². The molecule has 0 spiro atoms. The van der Waals surface area contributed by atoms with Crippen molar-refractivity contribution in [3.8, 4) is 55.6 Å². The van der Waals surface area contributed by atoms with Crippen LogP contribution in [0.25, 0.3) is 148 Å². The molecule has 16 bridgehead atoms. The van der Waals surface area contributed by atoms with Crippen LogP contribution in [0.1, 0.15) is 118 Å². The van der Waals surface area contributed by atoms with Crippen LogP contribution < -0.4 is 19.9 Å². The molecule has 0 aliphatic carbocycles. The Balaban J connectivity index is 0.00000362. The number of fused-ring (bicyclic) bond motifs is 16. The minimum Gasteiger partial charge on any atom is -0.657 e. The Labute approximate surface area is 528 Å². The van der Waals surface area contributed by atoms with Crippen molar-refractivity contribution in [2.75, 3.05) is 0 Å². The van der Waals surface area contributed by atoms with E-state index in [9.17, 15) is 0 Å². The molecule has 0 amide bonds. The summed E-state index contributed by atoms with van der Waals surface area (Å²) >= 11 is 0. The molecule has 4 aliphatic heterocycles. The second-order valence-corrected chi connectivity index (χ2v) is 22.6. The van der Waals surface area contributed by atoms with Gasteiger partial charge in [-0.15, -0.1) is 44.1 Å². The smallest absolute Gasteiger partial charge is 0.657 e. The molecule has 4 aliphatic rings. The van der Waals surface area contributed by atoms with Gasteiger partial charge in [-0.3, -0.25) is 0 Å². The van der Waals surface area contributed by atoms with Gasteiger partial charge in [0.25, 0.3) is 0 Å². The SMILES string of the molecule is CCCCc1c2nc(c(-c3ccc(C)cc3)c3ccc([n-]3)c(-c3c4nc(c(-c5ccc(C)cc5)c5ccc([n-]5)c(CCCC)c5nc(c(-c6ccc(C)cc6)c6ccc3[n-]6)C=C5)C=C4)c3nc(c(-c4ccc(C)cc4)c4ccc1[n-]4)C=C3)C=C2.[Zn+2].[Zn+2]. The zero-order valence-corrected chi connectivity index (χ0v) is 55.6. The molecular formula is C76H62N8Zn2. The zero-order chi connectivity index (χ0) is 57.0. The Hall–Kier alpha value is -8.67. The minimum absolute atomic E-state index is 0. The maximum Gasteiger partial charge on any atom is 2.00 e. The van der Waals surface area contributed by atoms with Crippen LogP contribution in [-0.2, 0) is 51.8 Å². The van der Waals surface area contributed by atoms with Gasteiger partial charge in [-0.25, -0.2) is 19.9 Å². The first kappa shape index (κ1) is 57.7. The van der Waals surface area contributed by atoms with Gasteiger partial charge in [-0.1, -0.05) is 195 Å². The van der Waals surface area contributed by atoms with Gasteiger partial charge in [0.15, 0.2) is 0 Å². The molecule has 10 heterocycles. The minimum atomic E-state index is 0. The van der Waals surface area contributed by atoms with Crippen LogP contribution >= 0.6 is 0 Å². The average Bonchev–Trinajstić information content (AvgIpc) is 2.02. The standard InChI is InChI=1S/C76H62N8.2Zn/c1-7-9-11-53-55-29-33-59(77-55)71(49-21-13-45(3)14-22-49)63-37-41-67(81-63)75(68-42-38-64(82-68)72(60-34-30-56(53)78-60)50-23-15-46(4)16-24-50)76-69-43-39-65(83-69)73(51-25-17-47(5)18-26-51)61-35-31-57(79-61)54(12-10-8-2)58-32-36-62(80-58)74(66-40-44-70(76)84-66)52-27-19-48(6)20-28-52;;/h13-44H,7-12H2,1-6H3;;/q-4;2*+2. The fourth-order valence-corrected chi connectivity index (χ4v) is 12.1. The first-order valence-electron chi connectivity index (χ1n) is 29.5. The number of unbranched alkanes of at least 4 members (excludes halogenated alkanes) is 2. The summed E-state index contributed by atoms with van der Waals surface area (Å²) in [6, 6.07) is 51.9. The van der Waals surface area contributed by atoms with Crippen LogP contribution in [0.4, 0.5) is 0 Å². The van der Waals surface area contributed by atoms with Crippen molar-refractivity contribution >= 4 is 92.7 Å². The summed E-state index contributed by atoms with van der Waals surface area (Å²) < 4.78 is 0. The maximum atomic E-state index is 5.74. The Morgan fingerprint density at radius 3 is 0.733 bits per heavy atom. The number of nitrogens with zero attached hydrogens (tertiary/aromatic N) is 8. The van der Waals surface area contributed by atoms with E-state index in [1.54, 1.807) is 0 Å². The normalized spacial score (nSPS) is 12.2. The average molecular weight is 1220 g/mol. The maximum absolute atomic E-state index is 5.74. The molecule has 14 rings (SSSR count). The van der Waals surface area contributed by atoms with Crippen LogP contribution in [0.15, 0.2) is 146 Å². The first-order valence-corrected chi connectivity index (χ1v) is 29.5. The molecule has 6 aromatic heterocycles. The van der Waals surface area contributed by atoms with E-state index < -0.39 is 0 Å². The Bertz CT molecular complexity index is 4360. The third-order valence-corrected chi connectivity index (χ3v) is 16.6. The van der Waals surface area contributed by atoms with Crippen molar-refractivity contribution in [2.45, 2.75) is 80.1 Å². The van der Waals surface area contributed by atoms with E-state index in [0.29, 0.717) is 0 Å². The zero-order valence-electron chi connectivity index (χ0n) is 49.7. The van der Waals surface area contributed by atoms with Crippen LogP contribution in [0.5, 0.6) is 0 Å². The topological polar surface area (TPSA) is 108 Å². The van der Waals surface area contributed by atoms with Gasteiger partial charge in [0.2, 0.25) is 0 Å². The van der Waals surface area contributed by atoms with E-state index in [1.807, 2.05) is 0 Å². The van der Waals surface area contributed by atoms with E-state index in [4.69, 9.17) is 39.9 Å². The fraction of sp³-hybridized carbons (Fsp3) is 0.158. The summed E-state index contributed by atoms with van der Waals surface area (Å²) in [5, 5.41) is 0. The van der Waals surface area contributed by atoms with E-state index in [-0.39, 0.29) is 39.0 Å². The Kier molecular flexibility index (Phi) is 16.4. The predicted molar refractivity (Wildman–Crippen MR) is 351 cm³/mol. The summed E-state index contributed by atoms with van der Waals surface area (Å²) in [6.07, 6.45) is 22.9. The number of rotatable bonds is 11. The summed E-state index contributed by atoms with van der Waals surface area (Å²) in [7, 11) is 0. The molecule has 410 valence electrons. The Morgan fingerprint density at radius 1 is 0.256 bits per heavy atom. The summed E-state index contributed by atoms with van der Waals surface area (Å²) in [4.78, 5) is 45.0. The van der Waals surface area contributed by atoms with E-state index in [0.717, 1.165) is 195 Å².